The third-order valence-corrected chi connectivity index (χ3v) is 6.76. The Balaban J connectivity index is 1.78. The number of carbonyl (C=O) groups is 2. The average Bonchev–Trinajstić information content (AvgIpc) is 2.34. The van der Waals surface area contributed by atoms with Gasteiger partial charge in [-0.25, -0.2) is 0 Å². The third kappa shape index (κ3) is 1.45. The minimum atomic E-state index is -0.0119. The third-order valence-electron chi connectivity index (χ3n) is 6.76. The maximum absolute atomic E-state index is 12.3. The quantitative estimate of drug-likeness (QED) is 0.737. The minimum Gasteiger partial charge on any atom is -0.296 e. The van der Waals surface area contributed by atoms with E-state index in [9.17, 15) is 9.59 Å². The summed E-state index contributed by atoms with van der Waals surface area (Å²) < 4.78 is 0. The maximum Gasteiger partial charge on any atom is 0.230 e. The summed E-state index contributed by atoms with van der Waals surface area (Å²) in [6, 6.07) is 0. The van der Waals surface area contributed by atoms with Crippen molar-refractivity contribution < 1.29 is 9.59 Å². The van der Waals surface area contributed by atoms with Crippen LogP contribution >= 0.6 is 0 Å². The maximum atomic E-state index is 12.3. The summed E-state index contributed by atoms with van der Waals surface area (Å²) >= 11 is 0. The lowest BCUT2D eigenvalue weighted by Gasteiger charge is -2.64. The molecule has 0 aromatic carbocycles. The fourth-order valence-corrected chi connectivity index (χ4v) is 6.40. The van der Waals surface area contributed by atoms with Crippen molar-refractivity contribution in [1.29, 1.82) is 0 Å². The number of piperidine rings is 1. The van der Waals surface area contributed by atoms with E-state index in [0.717, 1.165) is 18.3 Å². The normalized spacial score (nSPS) is 51.7. The lowest BCUT2D eigenvalue weighted by molar-refractivity contribution is -0.177. The molecule has 5 aliphatic rings. The summed E-state index contributed by atoms with van der Waals surface area (Å²) in [6.45, 7) is 2.12. The Morgan fingerprint density at radius 1 is 1.05 bits per heavy atom. The van der Waals surface area contributed by atoms with Gasteiger partial charge in [-0.05, 0) is 67.6 Å². The SMILES string of the molecule is CCC1C(=O)NC(=O)CC12C1CC3CC(C1)CC2C3. The van der Waals surface area contributed by atoms with E-state index in [4.69, 9.17) is 0 Å². The van der Waals surface area contributed by atoms with Crippen LogP contribution in [0.3, 0.4) is 0 Å². The summed E-state index contributed by atoms with van der Waals surface area (Å²) in [5.74, 6) is 3.16. The molecule has 1 unspecified atom stereocenters. The van der Waals surface area contributed by atoms with Crippen LogP contribution in [0.2, 0.25) is 0 Å². The van der Waals surface area contributed by atoms with E-state index in [1.807, 2.05) is 0 Å². The fraction of sp³-hybridized carbons (Fsp3) is 0.875. The monoisotopic (exact) mass is 261 g/mol. The molecule has 0 aromatic heterocycles. The Morgan fingerprint density at radius 2 is 1.63 bits per heavy atom. The molecule has 0 aromatic rings. The van der Waals surface area contributed by atoms with Crippen LogP contribution in [0.5, 0.6) is 0 Å². The van der Waals surface area contributed by atoms with E-state index in [1.165, 1.54) is 32.1 Å². The van der Waals surface area contributed by atoms with Gasteiger partial charge < -0.3 is 0 Å². The molecule has 1 saturated heterocycles. The van der Waals surface area contributed by atoms with Crippen LogP contribution in [-0.4, -0.2) is 11.8 Å². The number of hydrogen-bond acceptors (Lipinski definition) is 2. The first kappa shape index (κ1) is 11.9. The van der Waals surface area contributed by atoms with E-state index >= 15 is 0 Å². The van der Waals surface area contributed by atoms with Gasteiger partial charge in [-0.1, -0.05) is 6.92 Å². The Labute approximate surface area is 114 Å². The van der Waals surface area contributed by atoms with Gasteiger partial charge in [0.2, 0.25) is 11.8 Å². The van der Waals surface area contributed by atoms with Gasteiger partial charge in [0, 0.05) is 12.3 Å². The molecule has 3 nitrogen and oxygen atoms in total. The van der Waals surface area contributed by atoms with Crippen LogP contribution in [0.15, 0.2) is 0 Å². The van der Waals surface area contributed by atoms with Crippen molar-refractivity contribution in [2.24, 2.45) is 35.0 Å². The lowest BCUT2D eigenvalue weighted by atomic mass is 9.40. The Morgan fingerprint density at radius 3 is 2.16 bits per heavy atom. The van der Waals surface area contributed by atoms with Crippen LogP contribution in [0.25, 0.3) is 0 Å². The summed E-state index contributed by atoms with van der Waals surface area (Å²) in [5, 5.41) is 2.59. The molecule has 1 N–H and O–H groups in total. The molecule has 104 valence electrons. The number of nitrogens with one attached hydrogen (secondary N) is 1. The molecule has 5 fully saturated rings. The summed E-state index contributed by atoms with van der Waals surface area (Å²) in [4.78, 5) is 24.3. The molecule has 2 amide bonds. The van der Waals surface area contributed by atoms with Crippen LogP contribution in [0.1, 0.15) is 51.9 Å². The molecule has 4 bridgehead atoms. The van der Waals surface area contributed by atoms with Gasteiger partial charge >= 0.3 is 0 Å². The van der Waals surface area contributed by atoms with E-state index < -0.39 is 0 Å². The first-order valence-electron chi connectivity index (χ1n) is 7.97. The molecular formula is C16H23NO2. The van der Waals surface area contributed by atoms with Crippen LogP contribution < -0.4 is 5.32 Å². The largest absolute Gasteiger partial charge is 0.296 e. The molecule has 1 heterocycles. The van der Waals surface area contributed by atoms with Crippen molar-refractivity contribution >= 4 is 11.8 Å². The predicted octanol–water partition coefficient (Wildman–Crippen LogP) is 2.50. The fourth-order valence-electron chi connectivity index (χ4n) is 6.40. The van der Waals surface area contributed by atoms with Crippen molar-refractivity contribution in [3.63, 3.8) is 0 Å². The predicted molar refractivity (Wildman–Crippen MR) is 71.0 cm³/mol. The highest BCUT2D eigenvalue weighted by molar-refractivity contribution is 5.99. The van der Waals surface area contributed by atoms with Gasteiger partial charge in [0.05, 0.1) is 0 Å². The zero-order valence-corrected chi connectivity index (χ0v) is 11.7. The molecule has 1 spiro atoms. The second-order valence-corrected chi connectivity index (χ2v) is 7.47. The molecule has 4 aliphatic carbocycles. The average molecular weight is 261 g/mol. The van der Waals surface area contributed by atoms with E-state index in [0.29, 0.717) is 18.3 Å². The lowest BCUT2D eigenvalue weighted by Crippen LogP contribution is -2.63. The number of imide groups is 1. The van der Waals surface area contributed by atoms with Gasteiger partial charge in [-0.2, -0.15) is 0 Å². The Bertz CT molecular complexity index is 414. The van der Waals surface area contributed by atoms with Crippen molar-refractivity contribution in [2.75, 3.05) is 0 Å². The first-order valence-corrected chi connectivity index (χ1v) is 7.97. The standard InChI is InChI=1S/C16H23NO2/c1-2-13-15(19)17-14(18)8-16(13)11-4-9-3-10(6-11)7-12(16)5-9/h9-13H,2-8H2,1H3,(H,17,18,19). The number of rotatable bonds is 1. The second-order valence-electron chi connectivity index (χ2n) is 7.47. The minimum absolute atomic E-state index is 0.0119. The molecule has 5 rings (SSSR count). The van der Waals surface area contributed by atoms with Gasteiger partial charge in [-0.15, -0.1) is 0 Å². The highest BCUT2D eigenvalue weighted by Crippen LogP contribution is 2.67. The van der Waals surface area contributed by atoms with Crippen molar-refractivity contribution in [3.05, 3.63) is 0 Å². The zero-order valence-electron chi connectivity index (χ0n) is 11.7. The van der Waals surface area contributed by atoms with Gasteiger partial charge in [0.1, 0.15) is 0 Å². The number of hydrogen-bond donors (Lipinski definition) is 1. The Kier molecular flexibility index (Phi) is 2.40. The molecule has 4 saturated carbocycles. The van der Waals surface area contributed by atoms with Crippen molar-refractivity contribution in [2.45, 2.75) is 51.9 Å². The van der Waals surface area contributed by atoms with Gasteiger partial charge in [0.25, 0.3) is 0 Å². The number of amides is 2. The van der Waals surface area contributed by atoms with E-state index in [-0.39, 0.29) is 23.1 Å². The number of carbonyl (C=O) groups excluding carboxylic acids is 2. The summed E-state index contributed by atoms with van der Waals surface area (Å²) in [5.41, 5.74) is 0.0294. The molecule has 0 radical (unpaired) electrons. The zero-order chi connectivity index (χ0) is 13.2. The summed E-state index contributed by atoms with van der Waals surface area (Å²) in [6.07, 6.45) is 8.05. The van der Waals surface area contributed by atoms with Crippen LogP contribution in [0.4, 0.5) is 0 Å². The smallest absolute Gasteiger partial charge is 0.230 e. The highest BCUT2D eigenvalue weighted by atomic mass is 16.2. The molecule has 3 heteroatoms. The molecule has 1 atom stereocenters. The first-order chi connectivity index (χ1) is 9.13. The molecule has 1 aliphatic heterocycles. The second kappa shape index (κ2) is 3.83. The van der Waals surface area contributed by atoms with E-state index in [1.54, 1.807) is 0 Å². The van der Waals surface area contributed by atoms with Crippen LogP contribution in [-0.2, 0) is 9.59 Å². The highest BCUT2D eigenvalue weighted by Gasteiger charge is 2.63. The molecular weight excluding hydrogens is 238 g/mol. The van der Waals surface area contributed by atoms with Crippen molar-refractivity contribution in [1.82, 2.24) is 5.32 Å². The Hall–Kier alpha value is -0.860. The van der Waals surface area contributed by atoms with Crippen molar-refractivity contribution in [3.8, 4) is 0 Å². The summed E-state index contributed by atoms with van der Waals surface area (Å²) in [7, 11) is 0. The molecule has 19 heavy (non-hydrogen) atoms. The van der Waals surface area contributed by atoms with E-state index in [2.05, 4.69) is 12.2 Å². The van der Waals surface area contributed by atoms with Gasteiger partial charge in [0.15, 0.2) is 0 Å². The van der Waals surface area contributed by atoms with Crippen LogP contribution in [0, 0.1) is 35.0 Å². The van der Waals surface area contributed by atoms with Gasteiger partial charge in [-0.3, -0.25) is 14.9 Å². The topological polar surface area (TPSA) is 46.2 Å².